The van der Waals surface area contributed by atoms with E-state index in [-0.39, 0.29) is 12.2 Å². The lowest BCUT2D eigenvalue weighted by Gasteiger charge is -2.03. The van der Waals surface area contributed by atoms with Gasteiger partial charge in [0.05, 0.1) is 6.61 Å². The van der Waals surface area contributed by atoms with Gasteiger partial charge in [-0.1, -0.05) is 23.7 Å². The van der Waals surface area contributed by atoms with Gasteiger partial charge < -0.3 is 10.1 Å². The molecule has 0 heterocycles. The van der Waals surface area contributed by atoms with Crippen LogP contribution < -0.4 is 5.32 Å². The first-order valence-electron chi connectivity index (χ1n) is 5.92. The average molecular weight is 279 g/mol. The van der Waals surface area contributed by atoms with E-state index in [0.717, 1.165) is 12.0 Å². The van der Waals surface area contributed by atoms with Gasteiger partial charge >= 0.3 is 5.97 Å². The van der Waals surface area contributed by atoms with Crippen molar-refractivity contribution in [1.82, 2.24) is 5.32 Å². The van der Waals surface area contributed by atoms with E-state index < -0.39 is 5.97 Å². The first kappa shape index (κ1) is 15.1. The van der Waals surface area contributed by atoms with Gasteiger partial charge in [0.25, 0.3) is 0 Å². The van der Waals surface area contributed by atoms with E-state index in [1.807, 2.05) is 24.3 Å². The summed E-state index contributed by atoms with van der Waals surface area (Å²) in [6.45, 7) is 2.57. The van der Waals surface area contributed by atoms with Crippen LogP contribution in [0, 0.1) is 11.3 Å². The molecule has 0 radical (unpaired) electrons. The maximum Gasteiger partial charge on any atom is 0.350 e. The highest BCUT2D eigenvalue weighted by Crippen LogP contribution is 2.09. The van der Waals surface area contributed by atoms with Crippen molar-refractivity contribution in [2.75, 3.05) is 13.2 Å². The molecule has 0 bridgehead atoms. The Morgan fingerprint density at radius 2 is 2.16 bits per heavy atom. The maximum absolute atomic E-state index is 11.3. The molecule has 0 atom stereocenters. The molecule has 100 valence electrons. The highest BCUT2D eigenvalue weighted by Gasteiger charge is 2.08. The minimum atomic E-state index is -0.607. The number of nitrogens with zero attached hydrogens (tertiary/aromatic N) is 1. The molecule has 19 heavy (non-hydrogen) atoms. The fraction of sp³-hybridized carbons (Fsp3) is 0.286. The zero-order chi connectivity index (χ0) is 14.1. The number of esters is 1. The van der Waals surface area contributed by atoms with Gasteiger partial charge in [-0.2, -0.15) is 5.26 Å². The lowest BCUT2D eigenvalue weighted by Crippen LogP contribution is -2.14. The monoisotopic (exact) mass is 278 g/mol. The van der Waals surface area contributed by atoms with Gasteiger partial charge in [-0.15, -0.1) is 0 Å². The Hall–Kier alpha value is -1.99. The molecule has 0 saturated carbocycles. The Morgan fingerprint density at radius 3 is 2.74 bits per heavy atom. The zero-order valence-electron chi connectivity index (χ0n) is 10.6. The number of rotatable bonds is 6. The molecule has 0 aromatic heterocycles. The summed E-state index contributed by atoms with van der Waals surface area (Å²) in [5.41, 5.74) is 1.10. The van der Waals surface area contributed by atoms with E-state index in [9.17, 15) is 4.79 Å². The van der Waals surface area contributed by atoms with Crippen molar-refractivity contribution >= 4 is 17.6 Å². The van der Waals surface area contributed by atoms with Crippen LogP contribution in [0.15, 0.2) is 36.0 Å². The third-order valence-corrected chi connectivity index (χ3v) is 2.59. The quantitative estimate of drug-likeness (QED) is 0.376. The van der Waals surface area contributed by atoms with E-state index in [0.29, 0.717) is 11.6 Å². The van der Waals surface area contributed by atoms with E-state index in [2.05, 4.69) is 5.32 Å². The predicted octanol–water partition coefficient (Wildman–Crippen LogP) is 2.44. The van der Waals surface area contributed by atoms with E-state index in [1.54, 1.807) is 13.0 Å². The molecule has 0 aliphatic heterocycles. The molecule has 0 aliphatic rings. The van der Waals surface area contributed by atoms with Gasteiger partial charge in [-0.25, -0.2) is 4.79 Å². The molecule has 0 aliphatic carbocycles. The summed E-state index contributed by atoms with van der Waals surface area (Å²) < 4.78 is 4.74. The molecule has 0 unspecified atom stereocenters. The number of nitrogens with one attached hydrogen (secondary N) is 1. The van der Waals surface area contributed by atoms with Crippen molar-refractivity contribution in [3.05, 3.63) is 46.6 Å². The number of hydrogen-bond donors (Lipinski definition) is 1. The number of benzene rings is 1. The Kier molecular flexibility index (Phi) is 6.48. The average Bonchev–Trinajstić information content (AvgIpc) is 2.41. The molecular weight excluding hydrogens is 264 g/mol. The minimum Gasteiger partial charge on any atom is -0.462 e. The number of nitriles is 1. The highest BCUT2D eigenvalue weighted by molar-refractivity contribution is 6.30. The molecule has 1 rings (SSSR count). The lowest BCUT2D eigenvalue weighted by atomic mass is 10.1. The van der Waals surface area contributed by atoms with Gasteiger partial charge in [-0.05, 0) is 31.0 Å². The van der Waals surface area contributed by atoms with Crippen molar-refractivity contribution in [3.63, 3.8) is 0 Å². The van der Waals surface area contributed by atoms with Crippen molar-refractivity contribution < 1.29 is 9.53 Å². The highest BCUT2D eigenvalue weighted by atomic mass is 35.5. The fourth-order valence-electron chi connectivity index (χ4n) is 1.39. The summed E-state index contributed by atoms with van der Waals surface area (Å²) in [4.78, 5) is 11.3. The molecular formula is C14H15ClN2O2. The van der Waals surface area contributed by atoms with Crippen molar-refractivity contribution in [3.8, 4) is 6.07 Å². The van der Waals surface area contributed by atoms with E-state index in [1.165, 1.54) is 6.20 Å². The fourth-order valence-corrected chi connectivity index (χ4v) is 1.51. The predicted molar refractivity (Wildman–Crippen MR) is 73.5 cm³/mol. The Balaban J connectivity index is 2.42. The number of carbonyl (C=O) groups excluding carboxylic acids is 1. The first-order valence-corrected chi connectivity index (χ1v) is 6.30. The van der Waals surface area contributed by atoms with Crippen LogP contribution in [0.1, 0.15) is 12.5 Å². The van der Waals surface area contributed by atoms with Crippen molar-refractivity contribution in [1.29, 1.82) is 5.26 Å². The number of halogens is 1. The molecule has 0 fully saturated rings. The summed E-state index contributed by atoms with van der Waals surface area (Å²) >= 11 is 5.79. The molecule has 5 heteroatoms. The SMILES string of the molecule is CCOC(=O)/C(C#N)=C\NCCc1ccc(Cl)cc1. The molecule has 0 amide bonds. The lowest BCUT2D eigenvalue weighted by molar-refractivity contribution is -0.138. The largest absolute Gasteiger partial charge is 0.462 e. The molecule has 4 nitrogen and oxygen atoms in total. The van der Waals surface area contributed by atoms with Crippen LogP contribution in [-0.4, -0.2) is 19.1 Å². The summed E-state index contributed by atoms with van der Waals surface area (Å²) in [5.74, 6) is -0.607. The van der Waals surface area contributed by atoms with Gasteiger partial charge in [0.1, 0.15) is 6.07 Å². The summed E-state index contributed by atoms with van der Waals surface area (Å²) in [7, 11) is 0. The number of hydrogen-bond acceptors (Lipinski definition) is 4. The third kappa shape index (κ3) is 5.45. The van der Waals surface area contributed by atoms with E-state index in [4.69, 9.17) is 21.6 Å². The molecule has 1 aromatic carbocycles. The van der Waals surface area contributed by atoms with E-state index >= 15 is 0 Å². The molecule has 0 spiro atoms. The summed E-state index contributed by atoms with van der Waals surface area (Å²) in [5, 5.41) is 12.4. The van der Waals surface area contributed by atoms with Crippen LogP contribution in [0.2, 0.25) is 5.02 Å². The summed E-state index contributed by atoms with van der Waals surface area (Å²) in [6.07, 6.45) is 2.16. The van der Waals surface area contributed by atoms with Gasteiger partial charge in [0, 0.05) is 17.8 Å². The van der Waals surface area contributed by atoms with Crippen LogP contribution in [-0.2, 0) is 16.0 Å². The Labute approximate surface area is 117 Å². The topological polar surface area (TPSA) is 62.1 Å². The maximum atomic E-state index is 11.3. The zero-order valence-corrected chi connectivity index (χ0v) is 11.4. The number of ether oxygens (including phenoxy) is 1. The Bertz CT molecular complexity index is 489. The molecule has 1 N–H and O–H groups in total. The minimum absolute atomic E-state index is 0.0297. The van der Waals surface area contributed by atoms with Crippen LogP contribution in [0.4, 0.5) is 0 Å². The number of carbonyl (C=O) groups is 1. The third-order valence-electron chi connectivity index (χ3n) is 2.33. The van der Waals surface area contributed by atoms with Crippen LogP contribution >= 0.6 is 11.6 Å². The second-order valence-corrected chi connectivity index (χ2v) is 4.16. The van der Waals surface area contributed by atoms with Gasteiger partial charge in [0.2, 0.25) is 0 Å². The summed E-state index contributed by atoms with van der Waals surface area (Å²) in [6, 6.07) is 9.32. The van der Waals surface area contributed by atoms with Gasteiger partial charge in [-0.3, -0.25) is 0 Å². The normalized spacial score (nSPS) is 10.7. The second kappa shape index (κ2) is 8.17. The standard InChI is InChI=1S/C14H15ClN2O2/c1-2-19-14(18)12(9-16)10-17-8-7-11-3-5-13(15)6-4-11/h3-6,10,17H,2,7-8H2,1H3/b12-10-. The molecule has 1 aromatic rings. The van der Waals surface area contributed by atoms with Crippen molar-refractivity contribution in [2.24, 2.45) is 0 Å². The Morgan fingerprint density at radius 1 is 1.47 bits per heavy atom. The first-order chi connectivity index (χ1) is 9.17. The van der Waals surface area contributed by atoms with Crippen LogP contribution in [0.3, 0.4) is 0 Å². The second-order valence-electron chi connectivity index (χ2n) is 3.72. The van der Waals surface area contributed by atoms with Crippen molar-refractivity contribution in [2.45, 2.75) is 13.3 Å². The van der Waals surface area contributed by atoms with Crippen LogP contribution in [0.5, 0.6) is 0 Å². The van der Waals surface area contributed by atoms with Crippen LogP contribution in [0.25, 0.3) is 0 Å². The van der Waals surface area contributed by atoms with Gasteiger partial charge in [0.15, 0.2) is 5.57 Å². The smallest absolute Gasteiger partial charge is 0.350 e. The molecule has 0 saturated heterocycles.